The molecule has 0 fully saturated rings. The number of nitrogens with zero attached hydrogens (tertiary/aromatic N) is 2. The van der Waals surface area contributed by atoms with Crippen molar-refractivity contribution in [3.63, 3.8) is 0 Å². The van der Waals surface area contributed by atoms with Gasteiger partial charge in [-0.25, -0.2) is 4.98 Å². The molecule has 0 spiro atoms. The van der Waals surface area contributed by atoms with Gasteiger partial charge in [0.1, 0.15) is 5.82 Å². The Hall–Kier alpha value is -1.59. The molecule has 76 valence electrons. The lowest BCUT2D eigenvalue weighted by atomic mass is 9.80. The molecular weight excluding hydrogens is 191 g/mol. The van der Waals surface area contributed by atoms with Crippen molar-refractivity contribution >= 4 is 12.6 Å². The summed E-state index contributed by atoms with van der Waals surface area (Å²) in [5.74, 6) is 0.896. The number of hydrogen-bond donors (Lipinski definition) is 2. The molecule has 4 nitrogen and oxygen atoms in total. The van der Waals surface area contributed by atoms with Gasteiger partial charge in [0.15, 0.2) is 0 Å². The molecule has 1 aromatic carbocycles. The number of aryl methyl sites for hydroxylation is 1. The maximum atomic E-state index is 8.94. The zero-order valence-corrected chi connectivity index (χ0v) is 8.33. The smallest absolute Gasteiger partial charge is 0.423 e. The summed E-state index contributed by atoms with van der Waals surface area (Å²) in [6.45, 7) is 1.91. The zero-order valence-electron chi connectivity index (χ0n) is 8.33. The van der Waals surface area contributed by atoms with E-state index in [0.717, 1.165) is 11.5 Å². The third kappa shape index (κ3) is 1.93. The quantitative estimate of drug-likeness (QED) is 0.666. The lowest BCUT2D eigenvalue weighted by Gasteiger charge is -2.05. The van der Waals surface area contributed by atoms with E-state index in [1.807, 2.05) is 29.8 Å². The second-order valence-corrected chi connectivity index (χ2v) is 3.31. The number of rotatable bonds is 2. The largest absolute Gasteiger partial charge is 0.488 e. The van der Waals surface area contributed by atoms with Gasteiger partial charge in [-0.15, -0.1) is 0 Å². The van der Waals surface area contributed by atoms with Gasteiger partial charge in [0.05, 0.1) is 0 Å². The molecule has 0 aliphatic heterocycles. The molecule has 1 aromatic heterocycles. The van der Waals surface area contributed by atoms with Gasteiger partial charge in [-0.3, -0.25) is 0 Å². The standard InChI is InChI=1S/C10H11BN2O2/c1-8-12-6-7-13(8)10-4-2-9(3-5-10)11(14)15/h2-7,14-15H,1H3. The Labute approximate surface area is 88.0 Å². The van der Waals surface area contributed by atoms with Crippen LogP contribution in [0.25, 0.3) is 5.69 Å². The summed E-state index contributed by atoms with van der Waals surface area (Å²) in [6, 6.07) is 7.01. The Morgan fingerprint density at radius 1 is 1.20 bits per heavy atom. The predicted molar refractivity (Wildman–Crippen MR) is 58.1 cm³/mol. The first-order valence-corrected chi connectivity index (χ1v) is 4.65. The molecule has 2 aromatic rings. The summed E-state index contributed by atoms with van der Waals surface area (Å²) in [4.78, 5) is 4.11. The van der Waals surface area contributed by atoms with E-state index in [2.05, 4.69) is 4.98 Å². The zero-order chi connectivity index (χ0) is 10.8. The van der Waals surface area contributed by atoms with Crippen LogP contribution in [0.4, 0.5) is 0 Å². The minimum absolute atomic E-state index is 0.483. The van der Waals surface area contributed by atoms with Gasteiger partial charge in [0, 0.05) is 18.1 Å². The molecule has 0 aliphatic carbocycles. The molecule has 5 heteroatoms. The fraction of sp³-hybridized carbons (Fsp3) is 0.100. The lowest BCUT2D eigenvalue weighted by molar-refractivity contribution is 0.426. The number of benzene rings is 1. The van der Waals surface area contributed by atoms with Crippen molar-refractivity contribution in [2.24, 2.45) is 0 Å². The highest BCUT2D eigenvalue weighted by Crippen LogP contribution is 2.08. The van der Waals surface area contributed by atoms with Gasteiger partial charge >= 0.3 is 7.12 Å². The molecule has 2 N–H and O–H groups in total. The second-order valence-electron chi connectivity index (χ2n) is 3.31. The topological polar surface area (TPSA) is 58.3 Å². The molecule has 2 rings (SSSR count). The van der Waals surface area contributed by atoms with E-state index in [4.69, 9.17) is 10.0 Å². The first kappa shape index (κ1) is 9.95. The maximum absolute atomic E-state index is 8.94. The highest BCUT2D eigenvalue weighted by atomic mass is 16.4. The van der Waals surface area contributed by atoms with Crippen LogP contribution in [-0.2, 0) is 0 Å². The lowest BCUT2D eigenvalue weighted by Crippen LogP contribution is -2.29. The normalized spacial score (nSPS) is 10.3. The molecule has 0 saturated carbocycles. The summed E-state index contributed by atoms with van der Waals surface area (Å²) in [5, 5.41) is 17.9. The van der Waals surface area contributed by atoms with Crippen molar-refractivity contribution in [1.82, 2.24) is 9.55 Å². The minimum atomic E-state index is -1.41. The third-order valence-electron chi connectivity index (χ3n) is 2.30. The van der Waals surface area contributed by atoms with Crippen LogP contribution in [0.2, 0.25) is 0 Å². The molecule has 0 amide bonds. The van der Waals surface area contributed by atoms with Crippen LogP contribution in [0.1, 0.15) is 5.82 Å². The summed E-state index contributed by atoms with van der Waals surface area (Å²) in [5.41, 5.74) is 1.44. The van der Waals surface area contributed by atoms with Crippen LogP contribution < -0.4 is 5.46 Å². The van der Waals surface area contributed by atoms with E-state index >= 15 is 0 Å². The molecular formula is C10H11BN2O2. The first-order chi connectivity index (χ1) is 7.18. The van der Waals surface area contributed by atoms with Gasteiger partial charge in [-0.05, 0) is 24.5 Å². The van der Waals surface area contributed by atoms with Crippen LogP contribution in [0, 0.1) is 6.92 Å². The first-order valence-electron chi connectivity index (χ1n) is 4.65. The van der Waals surface area contributed by atoms with Gasteiger partial charge < -0.3 is 14.6 Å². The Kier molecular flexibility index (Phi) is 2.57. The summed E-state index contributed by atoms with van der Waals surface area (Å²) < 4.78 is 1.92. The van der Waals surface area contributed by atoms with Crippen LogP contribution >= 0.6 is 0 Å². The van der Waals surface area contributed by atoms with Gasteiger partial charge in [0.25, 0.3) is 0 Å². The maximum Gasteiger partial charge on any atom is 0.488 e. The Bertz CT molecular complexity index is 451. The van der Waals surface area contributed by atoms with Crippen molar-refractivity contribution in [2.75, 3.05) is 0 Å². The molecule has 1 heterocycles. The fourth-order valence-electron chi connectivity index (χ4n) is 1.46. The van der Waals surface area contributed by atoms with Crippen LogP contribution in [-0.4, -0.2) is 26.7 Å². The Morgan fingerprint density at radius 2 is 1.87 bits per heavy atom. The Morgan fingerprint density at radius 3 is 2.33 bits per heavy atom. The van der Waals surface area contributed by atoms with Crippen molar-refractivity contribution < 1.29 is 10.0 Å². The molecule has 0 atom stereocenters. The van der Waals surface area contributed by atoms with E-state index in [1.54, 1.807) is 18.3 Å². The van der Waals surface area contributed by atoms with Crippen molar-refractivity contribution in [3.8, 4) is 5.69 Å². The average Bonchev–Trinajstić information content (AvgIpc) is 2.65. The van der Waals surface area contributed by atoms with Crippen LogP contribution in [0.3, 0.4) is 0 Å². The number of hydrogen-bond acceptors (Lipinski definition) is 3. The fourth-order valence-corrected chi connectivity index (χ4v) is 1.46. The third-order valence-corrected chi connectivity index (χ3v) is 2.30. The minimum Gasteiger partial charge on any atom is -0.423 e. The molecule has 0 bridgehead atoms. The van der Waals surface area contributed by atoms with E-state index in [9.17, 15) is 0 Å². The van der Waals surface area contributed by atoms with E-state index in [-0.39, 0.29) is 0 Å². The monoisotopic (exact) mass is 202 g/mol. The van der Waals surface area contributed by atoms with E-state index < -0.39 is 7.12 Å². The van der Waals surface area contributed by atoms with E-state index in [0.29, 0.717) is 5.46 Å². The van der Waals surface area contributed by atoms with Crippen molar-refractivity contribution in [1.29, 1.82) is 0 Å². The molecule has 0 saturated heterocycles. The number of aromatic nitrogens is 2. The van der Waals surface area contributed by atoms with Crippen molar-refractivity contribution in [2.45, 2.75) is 6.92 Å². The SMILES string of the molecule is Cc1nccn1-c1ccc(B(O)O)cc1. The van der Waals surface area contributed by atoms with Gasteiger partial charge in [-0.1, -0.05) is 12.1 Å². The highest BCUT2D eigenvalue weighted by molar-refractivity contribution is 6.58. The number of imidazole rings is 1. The van der Waals surface area contributed by atoms with Gasteiger partial charge in [-0.2, -0.15) is 0 Å². The van der Waals surface area contributed by atoms with Crippen LogP contribution in [0.5, 0.6) is 0 Å². The molecule has 15 heavy (non-hydrogen) atoms. The molecule has 0 radical (unpaired) electrons. The van der Waals surface area contributed by atoms with Crippen LogP contribution in [0.15, 0.2) is 36.7 Å². The van der Waals surface area contributed by atoms with Gasteiger partial charge in [0.2, 0.25) is 0 Å². The highest BCUT2D eigenvalue weighted by Gasteiger charge is 2.10. The molecule has 0 aliphatic rings. The summed E-state index contributed by atoms with van der Waals surface area (Å²) in [7, 11) is -1.41. The Balaban J connectivity index is 2.36. The average molecular weight is 202 g/mol. The summed E-state index contributed by atoms with van der Waals surface area (Å²) >= 11 is 0. The second kappa shape index (κ2) is 3.88. The predicted octanol–water partition coefficient (Wildman–Crippen LogP) is -0.139. The molecule has 0 unspecified atom stereocenters. The van der Waals surface area contributed by atoms with E-state index in [1.165, 1.54) is 0 Å². The summed E-state index contributed by atoms with van der Waals surface area (Å²) in [6.07, 6.45) is 3.59. The van der Waals surface area contributed by atoms with Crippen molar-refractivity contribution in [3.05, 3.63) is 42.5 Å².